The maximum Gasteiger partial charge on any atom is 0.266 e. The van der Waals surface area contributed by atoms with Crippen LogP contribution in [0.5, 0.6) is 0 Å². The molecule has 4 rings (SSSR count). The van der Waals surface area contributed by atoms with Gasteiger partial charge >= 0.3 is 0 Å². The third-order valence-electron chi connectivity index (χ3n) is 6.37. The number of carbonyl (C=O) groups is 1. The quantitative estimate of drug-likeness (QED) is 0.286. The number of unbranched alkanes of at least 4 members (excludes halogenated alkanes) is 2. The minimum Gasteiger partial charge on any atom is -0.329 e. The number of nitrogens with zero attached hydrogens (tertiary/aromatic N) is 3. The van der Waals surface area contributed by atoms with Crippen molar-refractivity contribution in [1.29, 1.82) is 0 Å². The van der Waals surface area contributed by atoms with E-state index in [4.69, 9.17) is 4.98 Å². The Kier molecular flexibility index (Phi) is 7.39. The second-order valence-corrected chi connectivity index (χ2v) is 8.80. The summed E-state index contributed by atoms with van der Waals surface area (Å²) in [7, 11) is 0. The van der Waals surface area contributed by atoms with Crippen LogP contribution in [0.2, 0.25) is 0 Å². The lowest BCUT2D eigenvalue weighted by molar-refractivity contribution is 0.0676. The number of hydrogen-bond acceptors (Lipinski definition) is 3. The predicted molar refractivity (Wildman–Crippen MR) is 137 cm³/mol. The number of amides is 1. The van der Waals surface area contributed by atoms with Crippen LogP contribution in [-0.4, -0.2) is 26.9 Å². The van der Waals surface area contributed by atoms with Crippen LogP contribution in [0, 0.1) is 12.7 Å². The largest absolute Gasteiger partial charge is 0.329 e. The lowest BCUT2D eigenvalue weighted by atomic mass is 10.1. The summed E-state index contributed by atoms with van der Waals surface area (Å²) in [5, 5.41) is 0.468. The zero-order valence-electron chi connectivity index (χ0n) is 20.4. The van der Waals surface area contributed by atoms with Crippen LogP contribution < -0.4 is 5.56 Å². The standard InChI is InChI=1S/C29H30FN3O2/c1-4-5-10-19-32(28(34)24-12-7-6-11-20(24)2)21(3)27-31-26-14-9-8-13-25(26)29(35)33(27)23-17-15-22(30)16-18-23/h6-9,11-18,21H,4-5,10,19H2,1-3H3. The molecule has 4 aromatic rings. The summed E-state index contributed by atoms with van der Waals surface area (Å²) in [6.07, 6.45) is 2.85. The van der Waals surface area contributed by atoms with Crippen LogP contribution in [-0.2, 0) is 0 Å². The normalized spacial score (nSPS) is 12.0. The maximum atomic E-state index is 13.8. The molecular weight excluding hydrogens is 441 g/mol. The molecule has 0 saturated heterocycles. The first-order chi connectivity index (χ1) is 16.9. The molecule has 0 aliphatic rings. The predicted octanol–water partition coefficient (Wildman–Crippen LogP) is 6.23. The Morgan fingerprint density at radius 3 is 2.40 bits per heavy atom. The van der Waals surface area contributed by atoms with Crippen LogP contribution in [0.25, 0.3) is 16.6 Å². The van der Waals surface area contributed by atoms with Crippen molar-refractivity contribution in [1.82, 2.24) is 14.5 Å². The number of para-hydroxylation sites is 1. The molecule has 3 aromatic carbocycles. The van der Waals surface area contributed by atoms with E-state index in [2.05, 4.69) is 6.92 Å². The van der Waals surface area contributed by atoms with Gasteiger partial charge in [0.2, 0.25) is 0 Å². The van der Waals surface area contributed by atoms with Gasteiger partial charge in [0.05, 0.1) is 22.6 Å². The average Bonchev–Trinajstić information content (AvgIpc) is 2.87. The first kappa shape index (κ1) is 24.3. The van der Waals surface area contributed by atoms with Crippen LogP contribution in [0.3, 0.4) is 0 Å². The molecule has 0 N–H and O–H groups in total. The zero-order chi connectivity index (χ0) is 24.9. The first-order valence-corrected chi connectivity index (χ1v) is 12.1. The zero-order valence-corrected chi connectivity index (χ0v) is 20.4. The van der Waals surface area contributed by atoms with Crippen molar-refractivity contribution >= 4 is 16.8 Å². The van der Waals surface area contributed by atoms with Gasteiger partial charge in [-0.05, 0) is 68.3 Å². The van der Waals surface area contributed by atoms with Gasteiger partial charge in [-0.2, -0.15) is 0 Å². The monoisotopic (exact) mass is 471 g/mol. The molecular formula is C29H30FN3O2. The van der Waals surface area contributed by atoms with Crippen molar-refractivity contribution in [2.45, 2.75) is 46.1 Å². The summed E-state index contributed by atoms with van der Waals surface area (Å²) < 4.78 is 15.2. The van der Waals surface area contributed by atoms with E-state index in [0.29, 0.717) is 34.5 Å². The summed E-state index contributed by atoms with van der Waals surface area (Å²) in [6.45, 7) is 6.48. The van der Waals surface area contributed by atoms with Crippen molar-refractivity contribution in [2.24, 2.45) is 0 Å². The van der Waals surface area contributed by atoms with Crippen LogP contribution in [0.1, 0.15) is 60.9 Å². The molecule has 0 bridgehead atoms. The van der Waals surface area contributed by atoms with Crippen molar-refractivity contribution < 1.29 is 9.18 Å². The Morgan fingerprint density at radius 1 is 1.00 bits per heavy atom. The minimum atomic E-state index is -0.499. The fourth-order valence-electron chi connectivity index (χ4n) is 4.38. The topological polar surface area (TPSA) is 55.2 Å². The lowest BCUT2D eigenvalue weighted by Gasteiger charge is -2.31. The number of fused-ring (bicyclic) bond motifs is 1. The smallest absolute Gasteiger partial charge is 0.266 e. The van der Waals surface area contributed by atoms with Gasteiger partial charge in [-0.15, -0.1) is 0 Å². The fourth-order valence-corrected chi connectivity index (χ4v) is 4.38. The van der Waals surface area contributed by atoms with Gasteiger partial charge in [0, 0.05) is 12.1 Å². The Hall–Kier alpha value is -3.80. The molecule has 0 spiro atoms. The van der Waals surface area contributed by atoms with E-state index in [9.17, 15) is 14.0 Å². The summed E-state index contributed by atoms with van der Waals surface area (Å²) in [5.74, 6) is -0.0421. The van der Waals surface area contributed by atoms with Gasteiger partial charge in [-0.25, -0.2) is 9.37 Å². The molecule has 0 saturated carbocycles. The summed E-state index contributed by atoms with van der Waals surface area (Å²) >= 11 is 0. The van der Waals surface area contributed by atoms with Crippen LogP contribution in [0.4, 0.5) is 4.39 Å². The van der Waals surface area contributed by atoms with E-state index < -0.39 is 6.04 Å². The summed E-state index contributed by atoms with van der Waals surface area (Å²) in [6, 6.07) is 20.0. The molecule has 0 radical (unpaired) electrons. The molecule has 1 amide bonds. The van der Waals surface area contributed by atoms with Crippen molar-refractivity contribution in [2.75, 3.05) is 6.54 Å². The van der Waals surface area contributed by atoms with Gasteiger partial charge in [-0.3, -0.25) is 14.2 Å². The Balaban J connectivity index is 1.89. The molecule has 0 aliphatic heterocycles. The molecule has 1 heterocycles. The molecule has 0 aliphatic carbocycles. The third kappa shape index (κ3) is 5.02. The summed E-state index contributed by atoms with van der Waals surface area (Å²) in [5.41, 5.74) is 2.35. The number of halogens is 1. The highest BCUT2D eigenvalue weighted by Gasteiger charge is 2.28. The van der Waals surface area contributed by atoms with E-state index in [-0.39, 0.29) is 17.3 Å². The molecule has 0 fully saturated rings. The Labute approximate surface area is 204 Å². The lowest BCUT2D eigenvalue weighted by Crippen LogP contribution is -2.38. The van der Waals surface area contributed by atoms with Crippen LogP contribution >= 0.6 is 0 Å². The molecule has 1 aromatic heterocycles. The number of aromatic nitrogens is 2. The third-order valence-corrected chi connectivity index (χ3v) is 6.37. The molecule has 35 heavy (non-hydrogen) atoms. The van der Waals surface area contributed by atoms with E-state index in [1.807, 2.05) is 44.2 Å². The van der Waals surface area contributed by atoms with Gasteiger partial charge in [0.15, 0.2) is 0 Å². The number of hydrogen-bond donors (Lipinski definition) is 0. The number of benzene rings is 3. The summed E-state index contributed by atoms with van der Waals surface area (Å²) in [4.78, 5) is 34.1. The fraction of sp³-hybridized carbons (Fsp3) is 0.276. The number of carbonyl (C=O) groups excluding carboxylic acids is 1. The van der Waals surface area contributed by atoms with E-state index in [1.165, 1.54) is 16.7 Å². The number of aryl methyl sites for hydroxylation is 1. The SMILES string of the molecule is CCCCCN(C(=O)c1ccccc1C)C(C)c1nc2ccccc2c(=O)n1-c1ccc(F)cc1. The molecule has 180 valence electrons. The highest BCUT2D eigenvalue weighted by molar-refractivity contribution is 5.96. The van der Waals surface area contributed by atoms with Gasteiger partial charge in [0.1, 0.15) is 11.6 Å². The van der Waals surface area contributed by atoms with Crippen molar-refractivity contribution in [3.05, 3.63) is 106 Å². The highest BCUT2D eigenvalue weighted by Crippen LogP contribution is 2.26. The molecule has 5 nitrogen and oxygen atoms in total. The maximum absolute atomic E-state index is 13.8. The minimum absolute atomic E-state index is 0.0974. The van der Waals surface area contributed by atoms with Gasteiger partial charge in [0.25, 0.3) is 11.5 Å². The number of rotatable bonds is 8. The van der Waals surface area contributed by atoms with E-state index >= 15 is 0 Å². The highest BCUT2D eigenvalue weighted by atomic mass is 19.1. The molecule has 6 heteroatoms. The van der Waals surface area contributed by atoms with E-state index in [0.717, 1.165) is 24.8 Å². The van der Waals surface area contributed by atoms with E-state index in [1.54, 1.807) is 35.2 Å². The first-order valence-electron chi connectivity index (χ1n) is 12.1. The van der Waals surface area contributed by atoms with Gasteiger partial charge < -0.3 is 4.90 Å². The second kappa shape index (κ2) is 10.6. The molecule has 1 unspecified atom stereocenters. The van der Waals surface area contributed by atoms with Crippen molar-refractivity contribution in [3.63, 3.8) is 0 Å². The molecule has 1 atom stereocenters. The van der Waals surface area contributed by atoms with Crippen molar-refractivity contribution in [3.8, 4) is 5.69 Å². The Morgan fingerprint density at radius 2 is 1.69 bits per heavy atom. The second-order valence-electron chi connectivity index (χ2n) is 8.80. The Bertz CT molecular complexity index is 1400. The van der Waals surface area contributed by atoms with Gasteiger partial charge in [-0.1, -0.05) is 50.1 Å². The average molecular weight is 472 g/mol. The van der Waals surface area contributed by atoms with Crippen LogP contribution in [0.15, 0.2) is 77.6 Å².